The van der Waals surface area contributed by atoms with Crippen molar-refractivity contribution in [2.75, 3.05) is 11.5 Å². The van der Waals surface area contributed by atoms with Crippen LogP contribution in [0.4, 0.5) is 8.78 Å². The fraction of sp³-hybridized carbons (Fsp3) is 0.429. The van der Waals surface area contributed by atoms with Gasteiger partial charge in [0.05, 0.1) is 22.5 Å². The highest BCUT2D eigenvalue weighted by Gasteiger charge is 2.29. The van der Waals surface area contributed by atoms with Gasteiger partial charge in [0.25, 0.3) is 5.76 Å². The molecule has 1 amide bonds. The van der Waals surface area contributed by atoms with Crippen LogP contribution in [0.25, 0.3) is 11.0 Å². The minimum atomic E-state index is -3.10. The molecule has 0 bridgehead atoms. The maximum atomic E-state index is 12.7. The Bertz CT molecular complexity index is 867. The molecule has 1 saturated heterocycles. The van der Waals surface area contributed by atoms with Gasteiger partial charge in [-0.3, -0.25) is 4.79 Å². The zero-order chi connectivity index (χ0) is 17.3. The number of sulfone groups is 1. The Balaban J connectivity index is 1.79. The molecule has 24 heavy (non-hydrogen) atoms. The highest BCUT2D eigenvalue weighted by molar-refractivity contribution is 7.99. The molecule has 130 valence electrons. The van der Waals surface area contributed by atoms with Gasteiger partial charge in [-0.1, -0.05) is 12.1 Å². The van der Waals surface area contributed by atoms with E-state index in [0.717, 1.165) is 0 Å². The van der Waals surface area contributed by atoms with Gasteiger partial charge in [-0.05, 0) is 30.3 Å². The fourth-order valence-electron chi connectivity index (χ4n) is 2.70. The van der Waals surface area contributed by atoms with E-state index in [1.807, 2.05) is 0 Å². The Kier molecular flexibility index (Phi) is 4.77. The molecule has 1 aliphatic heterocycles. The average Bonchev–Trinajstić information content (AvgIpc) is 2.99. The standard InChI is InChI=1S/C14H15F2N3O3S2/c15-13(16)23-14-18-10-3-1-2-4-11(10)19(14)7-12(20)17-9-5-6-24(21,22)8-9/h1-4,9,13H,5-8H2,(H,17,20)/t9-/m1/s1. The smallest absolute Gasteiger partial charge is 0.291 e. The summed E-state index contributed by atoms with van der Waals surface area (Å²) >= 11 is 0.278. The lowest BCUT2D eigenvalue weighted by Crippen LogP contribution is -2.37. The number of nitrogens with one attached hydrogen (secondary N) is 1. The van der Waals surface area contributed by atoms with Crippen LogP contribution in [0.5, 0.6) is 0 Å². The molecule has 1 N–H and O–H groups in total. The van der Waals surface area contributed by atoms with Gasteiger partial charge in [-0.15, -0.1) is 0 Å². The lowest BCUT2D eigenvalue weighted by molar-refractivity contribution is -0.122. The molecule has 0 aliphatic carbocycles. The number of carbonyl (C=O) groups is 1. The van der Waals surface area contributed by atoms with Crippen molar-refractivity contribution in [3.05, 3.63) is 24.3 Å². The maximum Gasteiger partial charge on any atom is 0.291 e. The van der Waals surface area contributed by atoms with Gasteiger partial charge < -0.3 is 9.88 Å². The van der Waals surface area contributed by atoms with Crippen LogP contribution in [0.3, 0.4) is 0 Å². The number of hydrogen-bond acceptors (Lipinski definition) is 5. The Hall–Kier alpha value is -1.68. The summed E-state index contributed by atoms with van der Waals surface area (Å²) in [6.07, 6.45) is 0.372. The van der Waals surface area contributed by atoms with E-state index >= 15 is 0 Å². The molecular formula is C14H15F2N3O3S2. The summed E-state index contributed by atoms with van der Waals surface area (Å²) in [6, 6.07) is 6.43. The van der Waals surface area contributed by atoms with Crippen molar-refractivity contribution in [1.29, 1.82) is 0 Å². The van der Waals surface area contributed by atoms with Crippen LogP contribution >= 0.6 is 11.8 Å². The van der Waals surface area contributed by atoms with Crippen LogP contribution in [0, 0.1) is 0 Å². The number of imidazole rings is 1. The number of rotatable bonds is 5. The zero-order valence-electron chi connectivity index (χ0n) is 12.5. The van der Waals surface area contributed by atoms with E-state index in [4.69, 9.17) is 0 Å². The first-order valence-electron chi connectivity index (χ1n) is 7.24. The number of nitrogens with zero attached hydrogens (tertiary/aromatic N) is 2. The van der Waals surface area contributed by atoms with Gasteiger partial charge in [-0.2, -0.15) is 8.78 Å². The van der Waals surface area contributed by atoms with Crippen molar-refractivity contribution in [2.45, 2.75) is 29.9 Å². The van der Waals surface area contributed by atoms with E-state index in [1.54, 1.807) is 24.3 Å². The van der Waals surface area contributed by atoms with E-state index in [9.17, 15) is 22.0 Å². The van der Waals surface area contributed by atoms with E-state index in [0.29, 0.717) is 17.5 Å². The molecule has 2 aromatic rings. The number of hydrogen-bond donors (Lipinski definition) is 1. The highest BCUT2D eigenvalue weighted by Crippen LogP contribution is 2.28. The maximum absolute atomic E-state index is 12.7. The fourth-order valence-corrected chi connectivity index (χ4v) is 4.98. The molecule has 1 fully saturated rings. The summed E-state index contributed by atoms with van der Waals surface area (Å²) < 4.78 is 49.7. The van der Waals surface area contributed by atoms with E-state index in [2.05, 4.69) is 10.3 Å². The van der Waals surface area contributed by atoms with Crippen molar-refractivity contribution in [2.24, 2.45) is 0 Å². The Labute approximate surface area is 141 Å². The van der Waals surface area contributed by atoms with Crippen LogP contribution in [0.1, 0.15) is 6.42 Å². The SMILES string of the molecule is O=C(Cn1c(SC(F)F)nc2ccccc21)N[C@@H]1CCS(=O)(=O)C1. The zero-order valence-corrected chi connectivity index (χ0v) is 14.1. The van der Waals surface area contributed by atoms with Crippen molar-refractivity contribution in [1.82, 2.24) is 14.9 Å². The quantitative estimate of drug-likeness (QED) is 0.804. The summed E-state index contributed by atoms with van der Waals surface area (Å²) in [7, 11) is -3.10. The number of benzene rings is 1. The normalized spacial score (nSPS) is 19.9. The number of halogens is 2. The predicted molar refractivity (Wildman–Crippen MR) is 86.8 cm³/mol. The molecule has 0 saturated carbocycles. The number of para-hydroxylation sites is 2. The minimum absolute atomic E-state index is 0.0540. The molecule has 3 rings (SSSR count). The predicted octanol–water partition coefficient (Wildman–Crippen LogP) is 1.65. The number of thioether (sulfide) groups is 1. The van der Waals surface area contributed by atoms with E-state index in [-0.39, 0.29) is 35.0 Å². The third kappa shape index (κ3) is 3.86. The minimum Gasteiger partial charge on any atom is -0.351 e. The monoisotopic (exact) mass is 375 g/mol. The summed E-state index contributed by atoms with van der Waals surface area (Å²) in [4.78, 5) is 16.3. The summed E-state index contributed by atoms with van der Waals surface area (Å²) in [5.41, 5.74) is 1.10. The van der Waals surface area contributed by atoms with Crippen LogP contribution in [-0.2, 0) is 21.2 Å². The third-order valence-electron chi connectivity index (χ3n) is 3.71. The van der Waals surface area contributed by atoms with Crippen LogP contribution in [-0.4, -0.2) is 47.2 Å². The average molecular weight is 375 g/mol. The number of carbonyl (C=O) groups excluding carboxylic acids is 1. The molecule has 0 spiro atoms. The first kappa shape index (κ1) is 17.2. The van der Waals surface area contributed by atoms with Gasteiger partial charge in [-0.25, -0.2) is 13.4 Å². The Morgan fingerprint density at radius 2 is 2.17 bits per heavy atom. The number of aromatic nitrogens is 2. The molecule has 2 heterocycles. The summed E-state index contributed by atoms with van der Waals surface area (Å²) in [6.45, 7) is -0.188. The topological polar surface area (TPSA) is 81.1 Å². The Morgan fingerprint density at radius 3 is 2.83 bits per heavy atom. The molecule has 1 aromatic carbocycles. The van der Waals surface area contributed by atoms with Crippen LogP contribution < -0.4 is 5.32 Å². The van der Waals surface area contributed by atoms with Gasteiger partial charge in [0.15, 0.2) is 15.0 Å². The van der Waals surface area contributed by atoms with Crippen molar-refractivity contribution in [3.8, 4) is 0 Å². The first-order chi connectivity index (χ1) is 11.3. The molecular weight excluding hydrogens is 360 g/mol. The van der Waals surface area contributed by atoms with Gasteiger partial charge >= 0.3 is 0 Å². The number of alkyl halides is 2. The third-order valence-corrected chi connectivity index (χ3v) is 6.18. The summed E-state index contributed by atoms with van der Waals surface area (Å²) in [5, 5.41) is 2.71. The number of amides is 1. The van der Waals surface area contributed by atoms with Crippen molar-refractivity contribution >= 4 is 38.5 Å². The molecule has 1 aliphatic rings. The molecule has 0 radical (unpaired) electrons. The van der Waals surface area contributed by atoms with Gasteiger partial charge in [0.2, 0.25) is 5.91 Å². The highest BCUT2D eigenvalue weighted by atomic mass is 32.2. The van der Waals surface area contributed by atoms with Crippen LogP contribution in [0.2, 0.25) is 0 Å². The molecule has 10 heteroatoms. The largest absolute Gasteiger partial charge is 0.351 e. The second kappa shape index (κ2) is 6.67. The van der Waals surface area contributed by atoms with Crippen molar-refractivity contribution in [3.63, 3.8) is 0 Å². The lowest BCUT2D eigenvalue weighted by atomic mass is 10.2. The Morgan fingerprint density at radius 1 is 1.42 bits per heavy atom. The summed E-state index contributed by atoms with van der Waals surface area (Å²) in [5.74, 6) is -3.10. The van der Waals surface area contributed by atoms with Gasteiger partial charge in [0.1, 0.15) is 6.54 Å². The molecule has 1 atom stereocenters. The van der Waals surface area contributed by atoms with E-state index in [1.165, 1.54) is 4.57 Å². The molecule has 1 aromatic heterocycles. The number of fused-ring (bicyclic) bond motifs is 1. The second-order valence-corrected chi connectivity index (χ2v) is 8.70. The molecule has 0 unspecified atom stereocenters. The first-order valence-corrected chi connectivity index (χ1v) is 9.94. The molecule has 6 nitrogen and oxygen atoms in total. The van der Waals surface area contributed by atoms with Gasteiger partial charge in [0, 0.05) is 6.04 Å². The lowest BCUT2D eigenvalue weighted by Gasteiger charge is -2.13. The van der Waals surface area contributed by atoms with Crippen molar-refractivity contribution < 1.29 is 22.0 Å². The van der Waals surface area contributed by atoms with Crippen LogP contribution in [0.15, 0.2) is 29.4 Å². The second-order valence-electron chi connectivity index (χ2n) is 5.52. The van der Waals surface area contributed by atoms with E-state index < -0.39 is 27.5 Å².